The first kappa shape index (κ1) is 15.4. The smallest absolute Gasteiger partial charge is 0.170 e. The second kappa shape index (κ2) is 5.61. The highest BCUT2D eigenvalue weighted by Gasteiger charge is 2.38. The molecule has 0 bridgehead atoms. The zero-order valence-corrected chi connectivity index (χ0v) is 13.7. The third kappa shape index (κ3) is 3.16. The van der Waals surface area contributed by atoms with E-state index in [4.69, 9.17) is 15.2 Å². The van der Waals surface area contributed by atoms with Crippen LogP contribution in [0.4, 0.5) is 5.69 Å². The molecular formula is C19H21NO3. The summed E-state index contributed by atoms with van der Waals surface area (Å²) in [5.74, 6) is 1.47. The van der Waals surface area contributed by atoms with Gasteiger partial charge in [-0.1, -0.05) is 6.07 Å². The zero-order valence-electron chi connectivity index (χ0n) is 13.7. The summed E-state index contributed by atoms with van der Waals surface area (Å²) >= 11 is 0. The maximum atomic E-state index is 12.5. The first-order chi connectivity index (χ1) is 10.9. The van der Waals surface area contributed by atoms with Crippen molar-refractivity contribution in [3.8, 4) is 11.5 Å². The molecule has 0 aromatic heterocycles. The number of carbonyl (C=O) groups excluding carboxylic acids is 1. The van der Waals surface area contributed by atoms with Crippen LogP contribution in [0.15, 0.2) is 36.4 Å². The molecule has 2 N–H and O–H groups in total. The quantitative estimate of drug-likeness (QED) is 0.878. The van der Waals surface area contributed by atoms with Crippen molar-refractivity contribution in [2.75, 3.05) is 12.3 Å². The number of Topliss-reactive ketones (excluding diaryl/α,β-unsaturated/α-hetero) is 1. The van der Waals surface area contributed by atoms with E-state index in [0.717, 1.165) is 11.1 Å². The number of fused-ring (bicyclic) bond motifs is 1. The highest BCUT2D eigenvalue weighted by atomic mass is 16.5. The van der Waals surface area contributed by atoms with Crippen LogP contribution in [0.5, 0.6) is 11.5 Å². The second-order valence-corrected chi connectivity index (χ2v) is 6.46. The Hall–Kier alpha value is -2.49. The van der Waals surface area contributed by atoms with Crippen LogP contribution in [-0.4, -0.2) is 18.0 Å². The number of hydrogen-bond donors (Lipinski definition) is 1. The van der Waals surface area contributed by atoms with Crippen LogP contribution in [0, 0.1) is 13.8 Å². The highest BCUT2D eigenvalue weighted by Crippen LogP contribution is 2.36. The Morgan fingerprint density at radius 2 is 1.91 bits per heavy atom. The van der Waals surface area contributed by atoms with Gasteiger partial charge in [-0.15, -0.1) is 0 Å². The van der Waals surface area contributed by atoms with E-state index >= 15 is 0 Å². The van der Waals surface area contributed by atoms with Crippen molar-refractivity contribution in [2.24, 2.45) is 0 Å². The van der Waals surface area contributed by atoms with Crippen LogP contribution in [-0.2, 0) is 0 Å². The summed E-state index contributed by atoms with van der Waals surface area (Å²) in [4.78, 5) is 12.5. The SMILES string of the molecule is Cc1cc(C)c2c(c1)OC(C)(COc1ccc(N)cc1)CC2=O. The number of benzene rings is 2. The predicted octanol–water partition coefficient (Wildman–Crippen LogP) is 3.69. The van der Waals surface area contributed by atoms with Crippen molar-refractivity contribution in [3.05, 3.63) is 53.1 Å². The molecule has 23 heavy (non-hydrogen) atoms. The lowest BCUT2D eigenvalue weighted by Crippen LogP contribution is -2.44. The molecule has 0 aliphatic carbocycles. The van der Waals surface area contributed by atoms with Crippen LogP contribution in [0.3, 0.4) is 0 Å². The fraction of sp³-hybridized carbons (Fsp3) is 0.316. The third-order valence-electron chi connectivity index (χ3n) is 4.04. The molecule has 2 aromatic carbocycles. The molecule has 1 unspecified atom stereocenters. The van der Waals surface area contributed by atoms with Gasteiger partial charge in [0.2, 0.25) is 0 Å². The van der Waals surface area contributed by atoms with Crippen LogP contribution < -0.4 is 15.2 Å². The van der Waals surface area contributed by atoms with Crippen LogP contribution >= 0.6 is 0 Å². The van der Waals surface area contributed by atoms with E-state index in [1.54, 1.807) is 12.1 Å². The number of nitrogen functional groups attached to an aromatic ring is 1. The minimum Gasteiger partial charge on any atom is -0.489 e. The molecule has 2 aromatic rings. The predicted molar refractivity (Wildman–Crippen MR) is 90.2 cm³/mol. The Bertz CT molecular complexity index is 752. The summed E-state index contributed by atoms with van der Waals surface area (Å²) in [7, 11) is 0. The van der Waals surface area contributed by atoms with E-state index in [2.05, 4.69) is 0 Å². The van der Waals surface area contributed by atoms with Crippen molar-refractivity contribution in [2.45, 2.75) is 32.8 Å². The minimum absolute atomic E-state index is 0.104. The molecule has 0 amide bonds. The molecule has 3 rings (SSSR count). The lowest BCUT2D eigenvalue weighted by atomic mass is 9.89. The maximum absolute atomic E-state index is 12.5. The zero-order chi connectivity index (χ0) is 16.6. The van der Waals surface area contributed by atoms with E-state index in [0.29, 0.717) is 35.8 Å². The second-order valence-electron chi connectivity index (χ2n) is 6.46. The van der Waals surface area contributed by atoms with Gasteiger partial charge in [0.05, 0.1) is 12.0 Å². The number of carbonyl (C=O) groups is 1. The lowest BCUT2D eigenvalue weighted by molar-refractivity contribution is 0.0188. The lowest BCUT2D eigenvalue weighted by Gasteiger charge is -2.35. The van der Waals surface area contributed by atoms with Crippen LogP contribution in [0.25, 0.3) is 0 Å². The molecule has 0 spiro atoms. The molecule has 4 heteroatoms. The summed E-state index contributed by atoms with van der Waals surface area (Å²) < 4.78 is 11.9. The largest absolute Gasteiger partial charge is 0.489 e. The van der Waals surface area contributed by atoms with Gasteiger partial charge in [-0.05, 0) is 62.2 Å². The number of ketones is 1. The Morgan fingerprint density at radius 3 is 2.61 bits per heavy atom. The molecular weight excluding hydrogens is 290 g/mol. The first-order valence-corrected chi connectivity index (χ1v) is 7.68. The topological polar surface area (TPSA) is 61.6 Å². The summed E-state index contributed by atoms with van der Waals surface area (Å²) in [6.07, 6.45) is 0.304. The Balaban J connectivity index is 1.80. The summed E-state index contributed by atoms with van der Waals surface area (Å²) in [5, 5.41) is 0. The van der Waals surface area contributed by atoms with Gasteiger partial charge in [0.1, 0.15) is 23.7 Å². The summed E-state index contributed by atoms with van der Waals surface area (Å²) in [6.45, 7) is 6.15. The van der Waals surface area contributed by atoms with Gasteiger partial charge in [0, 0.05) is 5.69 Å². The van der Waals surface area contributed by atoms with E-state index in [1.165, 1.54) is 0 Å². The number of rotatable bonds is 3. The molecule has 0 fully saturated rings. The van der Waals surface area contributed by atoms with Crippen molar-refractivity contribution < 1.29 is 14.3 Å². The van der Waals surface area contributed by atoms with Gasteiger partial charge >= 0.3 is 0 Å². The number of nitrogens with two attached hydrogens (primary N) is 1. The van der Waals surface area contributed by atoms with Gasteiger partial charge in [-0.3, -0.25) is 4.79 Å². The molecule has 0 saturated carbocycles. The summed E-state index contributed by atoms with van der Waals surface area (Å²) in [5.41, 5.74) is 8.42. The number of ether oxygens (including phenoxy) is 2. The van der Waals surface area contributed by atoms with Gasteiger partial charge in [-0.2, -0.15) is 0 Å². The molecule has 1 aliphatic heterocycles. The Labute approximate surface area is 136 Å². The molecule has 1 aliphatic rings. The van der Waals surface area contributed by atoms with Crippen molar-refractivity contribution in [3.63, 3.8) is 0 Å². The number of anilines is 1. The minimum atomic E-state index is -0.675. The van der Waals surface area contributed by atoms with Crippen LogP contribution in [0.2, 0.25) is 0 Å². The molecule has 4 nitrogen and oxygen atoms in total. The van der Waals surface area contributed by atoms with Crippen molar-refractivity contribution in [1.82, 2.24) is 0 Å². The number of hydrogen-bond acceptors (Lipinski definition) is 4. The third-order valence-corrected chi connectivity index (χ3v) is 4.04. The monoisotopic (exact) mass is 311 g/mol. The maximum Gasteiger partial charge on any atom is 0.170 e. The van der Waals surface area contributed by atoms with E-state index in [-0.39, 0.29) is 5.78 Å². The number of aryl methyl sites for hydroxylation is 2. The molecule has 1 heterocycles. The highest BCUT2D eigenvalue weighted by molar-refractivity contribution is 6.01. The van der Waals surface area contributed by atoms with Gasteiger partial charge in [0.15, 0.2) is 5.78 Å². The average molecular weight is 311 g/mol. The van der Waals surface area contributed by atoms with Crippen molar-refractivity contribution >= 4 is 11.5 Å². The Kier molecular flexibility index (Phi) is 3.76. The average Bonchev–Trinajstić information content (AvgIpc) is 2.45. The van der Waals surface area contributed by atoms with Crippen molar-refractivity contribution in [1.29, 1.82) is 0 Å². The van der Waals surface area contributed by atoms with Crippen LogP contribution in [0.1, 0.15) is 34.8 Å². The van der Waals surface area contributed by atoms with Gasteiger partial charge in [0.25, 0.3) is 0 Å². The van der Waals surface area contributed by atoms with E-state index in [1.807, 2.05) is 45.0 Å². The molecule has 120 valence electrons. The first-order valence-electron chi connectivity index (χ1n) is 7.68. The molecule has 0 radical (unpaired) electrons. The standard InChI is InChI=1S/C19H21NO3/c1-12-8-13(2)18-16(21)10-19(3,23-17(18)9-12)11-22-15-6-4-14(20)5-7-15/h4-9H,10-11,20H2,1-3H3. The fourth-order valence-electron chi connectivity index (χ4n) is 2.98. The fourth-order valence-corrected chi connectivity index (χ4v) is 2.98. The van der Waals surface area contributed by atoms with Gasteiger partial charge in [-0.25, -0.2) is 0 Å². The van der Waals surface area contributed by atoms with E-state index < -0.39 is 5.60 Å². The van der Waals surface area contributed by atoms with E-state index in [9.17, 15) is 4.79 Å². The summed E-state index contributed by atoms with van der Waals surface area (Å²) in [6, 6.07) is 11.1. The van der Waals surface area contributed by atoms with Gasteiger partial charge < -0.3 is 15.2 Å². The molecule has 1 atom stereocenters. The normalized spacial score (nSPS) is 19.9. The molecule has 0 saturated heterocycles. The Morgan fingerprint density at radius 1 is 1.22 bits per heavy atom.